The number of aliphatic hydroxyl groups is 1. The van der Waals surface area contributed by atoms with Crippen LogP contribution in [0.2, 0.25) is 0 Å². The largest absolute Gasteiger partial charge is 0.496 e. The number of anilines is 1. The van der Waals surface area contributed by atoms with Crippen LogP contribution in [0.5, 0.6) is 5.75 Å². The summed E-state index contributed by atoms with van der Waals surface area (Å²) in [6.45, 7) is 0.971. The lowest BCUT2D eigenvalue weighted by Crippen LogP contribution is -2.44. The monoisotopic (exact) mass is 530 g/mol. The smallest absolute Gasteiger partial charge is 0.431 e. The second kappa shape index (κ2) is 10.8. The molecule has 0 radical (unpaired) electrons. The van der Waals surface area contributed by atoms with E-state index in [1.807, 2.05) is 13.0 Å². The molecule has 0 bridgehead atoms. The number of alkyl halides is 3. The zero-order valence-electron chi connectivity index (χ0n) is 20.9. The highest BCUT2D eigenvalue weighted by Gasteiger charge is 2.53. The molecule has 0 saturated carbocycles. The molecule has 0 spiro atoms. The number of ether oxygens (including phenoxy) is 2. The van der Waals surface area contributed by atoms with Crippen molar-refractivity contribution in [3.05, 3.63) is 83.2 Å². The molecule has 1 aliphatic rings. The maximum absolute atomic E-state index is 14.3. The molecule has 1 aliphatic heterocycles. The van der Waals surface area contributed by atoms with Gasteiger partial charge in [-0.1, -0.05) is 36.4 Å². The number of hydrogen-bond donors (Lipinski definition) is 1. The predicted octanol–water partition coefficient (Wildman–Crippen LogP) is 5.29. The highest BCUT2D eigenvalue weighted by atomic mass is 19.4. The summed E-state index contributed by atoms with van der Waals surface area (Å²) in [5.74, 6) is -2.29. The maximum Gasteiger partial charge on any atom is 0.431 e. The third-order valence-corrected chi connectivity index (χ3v) is 6.56. The van der Waals surface area contributed by atoms with Gasteiger partial charge in [-0.25, -0.2) is 9.18 Å². The lowest BCUT2D eigenvalue weighted by Gasteiger charge is -2.25. The van der Waals surface area contributed by atoms with E-state index in [2.05, 4.69) is 5.10 Å². The van der Waals surface area contributed by atoms with Crippen molar-refractivity contribution < 1.29 is 36.9 Å². The van der Waals surface area contributed by atoms with E-state index < -0.39 is 36.4 Å². The third kappa shape index (κ3) is 5.22. The highest BCUT2D eigenvalue weighted by molar-refractivity contribution is 6.01. The van der Waals surface area contributed by atoms with Crippen LogP contribution >= 0.6 is 0 Å². The van der Waals surface area contributed by atoms with Crippen LogP contribution in [0, 0.1) is 18.7 Å². The average molecular weight is 531 g/mol. The lowest BCUT2D eigenvalue weighted by atomic mass is 9.94. The second-order valence-electron chi connectivity index (χ2n) is 8.88. The number of carbonyl (C=O) groups excluding carboxylic acids is 1. The number of methoxy groups -OCH3 is 2. The molecule has 0 fully saturated rings. The lowest BCUT2D eigenvalue weighted by molar-refractivity contribution is -0.143. The number of esters is 1. The van der Waals surface area contributed by atoms with E-state index in [1.165, 1.54) is 13.2 Å². The van der Waals surface area contributed by atoms with Gasteiger partial charge in [-0.2, -0.15) is 18.3 Å². The normalized spacial score (nSPS) is 17.4. The molecule has 2 atom stereocenters. The molecule has 0 aromatic heterocycles. The van der Waals surface area contributed by atoms with E-state index >= 15 is 0 Å². The molecular weight excluding hydrogens is 504 g/mol. The SMILES string of the molecule is COC(=O)C1C(CO)C(C(F)(F)F)=NN1c1ccc(Cc2c(C)cc(-c3ccccc3F)cc2OC)cc1. The minimum absolute atomic E-state index is 0.237. The summed E-state index contributed by atoms with van der Waals surface area (Å²) < 4.78 is 65.3. The Morgan fingerprint density at radius 2 is 1.76 bits per heavy atom. The van der Waals surface area contributed by atoms with Crippen molar-refractivity contribution in [3.63, 3.8) is 0 Å². The topological polar surface area (TPSA) is 71.4 Å². The summed E-state index contributed by atoms with van der Waals surface area (Å²) in [5.41, 5.74) is 2.69. The molecule has 0 aliphatic carbocycles. The van der Waals surface area contributed by atoms with Gasteiger partial charge in [-0.05, 0) is 47.9 Å². The van der Waals surface area contributed by atoms with Gasteiger partial charge in [0.15, 0.2) is 6.04 Å². The van der Waals surface area contributed by atoms with Gasteiger partial charge in [0.25, 0.3) is 0 Å². The quantitative estimate of drug-likeness (QED) is 0.332. The van der Waals surface area contributed by atoms with Gasteiger partial charge in [0.2, 0.25) is 0 Å². The van der Waals surface area contributed by atoms with E-state index in [0.717, 1.165) is 28.8 Å². The standard InChI is InChI=1S/C28H26F4N2O4/c1-16-12-18(20-6-4-5-7-23(20)29)14-24(37-2)21(16)13-17-8-10-19(11-9-17)34-25(27(36)38-3)22(15-35)26(33-34)28(30,31)32/h4-12,14,22,25,35H,13,15H2,1-3H3. The fourth-order valence-electron chi connectivity index (χ4n) is 4.64. The molecule has 1 heterocycles. The average Bonchev–Trinajstić information content (AvgIpc) is 3.30. The Morgan fingerprint density at radius 3 is 2.34 bits per heavy atom. The Bertz CT molecular complexity index is 1360. The van der Waals surface area contributed by atoms with Crippen LogP contribution in [0.3, 0.4) is 0 Å². The summed E-state index contributed by atoms with van der Waals surface area (Å²) in [6.07, 6.45) is -4.39. The first-order valence-corrected chi connectivity index (χ1v) is 11.7. The van der Waals surface area contributed by atoms with Gasteiger partial charge in [0.05, 0.1) is 32.4 Å². The molecule has 6 nitrogen and oxygen atoms in total. The fourth-order valence-corrected chi connectivity index (χ4v) is 4.64. The van der Waals surface area contributed by atoms with Crippen LogP contribution in [-0.4, -0.2) is 49.8 Å². The van der Waals surface area contributed by atoms with Gasteiger partial charge < -0.3 is 14.6 Å². The van der Waals surface area contributed by atoms with Gasteiger partial charge in [0.1, 0.15) is 17.3 Å². The number of carbonyl (C=O) groups is 1. The maximum atomic E-state index is 14.3. The number of nitrogens with zero attached hydrogens (tertiary/aromatic N) is 2. The summed E-state index contributed by atoms with van der Waals surface area (Å²) in [7, 11) is 2.59. The van der Waals surface area contributed by atoms with Crippen molar-refractivity contribution in [2.45, 2.75) is 25.6 Å². The number of hydrogen-bond acceptors (Lipinski definition) is 6. The van der Waals surface area contributed by atoms with E-state index in [4.69, 9.17) is 9.47 Å². The Labute approximate surface area is 217 Å². The van der Waals surface area contributed by atoms with Gasteiger partial charge >= 0.3 is 12.1 Å². The van der Waals surface area contributed by atoms with Gasteiger partial charge in [0, 0.05) is 17.5 Å². The first-order chi connectivity index (χ1) is 18.1. The predicted molar refractivity (Wildman–Crippen MR) is 135 cm³/mol. The van der Waals surface area contributed by atoms with Crippen molar-refractivity contribution in [2.24, 2.45) is 11.0 Å². The highest BCUT2D eigenvalue weighted by Crippen LogP contribution is 2.37. The second-order valence-corrected chi connectivity index (χ2v) is 8.88. The van der Waals surface area contributed by atoms with Crippen LogP contribution in [-0.2, 0) is 16.0 Å². The molecule has 0 saturated heterocycles. The van der Waals surface area contributed by atoms with Crippen molar-refractivity contribution in [1.29, 1.82) is 0 Å². The van der Waals surface area contributed by atoms with Crippen LogP contribution in [0.4, 0.5) is 23.2 Å². The summed E-state index contributed by atoms with van der Waals surface area (Å²) in [6, 6.07) is 15.2. The first kappa shape index (κ1) is 27.1. The van der Waals surface area contributed by atoms with Crippen molar-refractivity contribution >= 4 is 17.4 Å². The van der Waals surface area contributed by atoms with Crippen LogP contribution in [0.1, 0.15) is 16.7 Å². The molecule has 0 amide bonds. The minimum Gasteiger partial charge on any atom is -0.496 e. The van der Waals surface area contributed by atoms with Crippen molar-refractivity contribution in [3.8, 4) is 16.9 Å². The molecule has 4 rings (SSSR count). The number of hydrazone groups is 1. The fraction of sp³-hybridized carbons (Fsp3) is 0.286. The van der Waals surface area contributed by atoms with Crippen LogP contribution in [0.15, 0.2) is 65.8 Å². The molecule has 1 N–H and O–H groups in total. The van der Waals surface area contributed by atoms with Gasteiger partial charge in [-0.3, -0.25) is 5.01 Å². The minimum atomic E-state index is -4.82. The molecule has 3 aromatic rings. The number of halogens is 4. The van der Waals surface area contributed by atoms with Crippen molar-refractivity contribution in [2.75, 3.05) is 25.8 Å². The van der Waals surface area contributed by atoms with E-state index in [1.54, 1.807) is 48.5 Å². The number of aryl methyl sites for hydroxylation is 1. The van der Waals surface area contributed by atoms with Gasteiger partial charge in [-0.15, -0.1) is 0 Å². The van der Waals surface area contributed by atoms with E-state index in [9.17, 15) is 27.5 Å². The summed E-state index contributed by atoms with van der Waals surface area (Å²) in [5, 5.41) is 14.2. The van der Waals surface area contributed by atoms with Crippen LogP contribution < -0.4 is 9.75 Å². The first-order valence-electron chi connectivity index (χ1n) is 11.7. The molecule has 2 unspecified atom stereocenters. The third-order valence-electron chi connectivity index (χ3n) is 6.56. The number of aliphatic hydroxyl groups excluding tert-OH is 1. The number of benzene rings is 3. The summed E-state index contributed by atoms with van der Waals surface area (Å²) in [4.78, 5) is 12.4. The van der Waals surface area contributed by atoms with Crippen LogP contribution in [0.25, 0.3) is 11.1 Å². The van der Waals surface area contributed by atoms with E-state index in [-0.39, 0.29) is 11.5 Å². The van der Waals surface area contributed by atoms with E-state index in [0.29, 0.717) is 23.3 Å². The molecule has 3 aromatic carbocycles. The zero-order valence-corrected chi connectivity index (χ0v) is 20.9. The Morgan fingerprint density at radius 1 is 1.08 bits per heavy atom. The molecule has 10 heteroatoms. The Hall–Kier alpha value is -3.92. The summed E-state index contributed by atoms with van der Waals surface area (Å²) >= 11 is 0. The molecule has 38 heavy (non-hydrogen) atoms. The van der Waals surface area contributed by atoms with Crippen molar-refractivity contribution in [1.82, 2.24) is 0 Å². The Balaban J connectivity index is 1.64. The zero-order chi connectivity index (χ0) is 27.6. The Kier molecular flexibility index (Phi) is 7.73. The number of rotatable bonds is 7. The molecular formula is C28H26F4N2O4. The molecule has 200 valence electrons.